The van der Waals surface area contributed by atoms with Crippen LogP contribution in [-0.2, 0) is 19.4 Å². The van der Waals surface area contributed by atoms with Crippen LogP contribution in [0, 0.1) is 5.92 Å². The van der Waals surface area contributed by atoms with Crippen molar-refractivity contribution in [1.29, 1.82) is 0 Å². The lowest BCUT2D eigenvalue weighted by atomic mass is 9.94. The highest BCUT2D eigenvalue weighted by molar-refractivity contribution is 5.94. The molecule has 7 heteroatoms. The van der Waals surface area contributed by atoms with Gasteiger partial charge in [-0.15, -0.1) is 10.2 Å². The molecule has 1 amide bonds. The van der Waals surface area contributed by atoms with Gasteiger partial charge in [-0.1, -0.05) is 12.2 Å². The molecule has 30 heavy (non-hydrogen) atoms. The van der Waals surface area contributed by atoms with E-state index in [1.165, 1.54) is 25.8 Å². The Morgan fingerprint density at radius 1 is 1.17 bits per heavy atom. The fourth-order valence-electron chi connectivity index (χ4n) is 4.31. The van der Waals surface area contributed by atoms with E-state index in [4.69, 9.17) is 4.74 Å². The van der Waals surface area contributed by atoms with E-state index in [1.54, 1.807) is 31.4 Å². The molecule has 1 N–H and O–H groups in total. The van der Waals surface area contributed by atoms with Gasteiger partial charge in [0, 0.05) is 51.1 Å². The fourth-order valence-corrected chi connectivity index (χ4v) is 4.31. The zero-order chi connectivity index (χ0) is 20.8. The van der Waals surface area contributed by atoms with E-state index >= 15 is 0 Å². The van der Waals surface area contributed by atoms with Gasteiger partial charge in [0.25, 0.3) is 5.91 Å². The third kappa shape index (κ3) is 5.08. The van der Waals surface area contributed by atoms with Crippen LogP contribution in [0.4, 0.5) is 0 Å². The van der Waals surface area contributed by atoms with Crippen molar-refractivity contribution in [2.24, 2.45) is 5.92 Å². The highest BCUT2D eigenvalue weighted by Crippen LogP contribution is 2.20. The van der Waals surface area contributed by atoms with E-state index in [0.29, 0.717) is 18.5 Å². The third-order valence-corrected chi connectivity index (χ3v) is 6.08. The normalized spacial score (nSPS) is 19.2. The highest BCUT2D eigenvalue weighted by Gasteiger charge is 2.21. The summed E-state index contributed by atoms with van der Waals surface area (Å²) in [4.78, 5) is 14.9. The molecular weight excluding hydrogens is 378 g/mol. The molecule has 160 valence electrons. The van der Waals surface area contributed by atoms with E-state index in [0.717, 1.165) is 49.4 Å². The Balaban J connectivity index is 1.27. The Labute approximate surface area is 178 Å². The number of hydrogen-bond donors (Lipinski definition) is 1. The molecule has 0 saturated heterocycles. The van der Waals surface area contributed by atoms with Gasteiger partial charge in [0.15, 0.2) is 0 Å². The summed E-state index contributed by atoms with van der Waals surface area (Å²) in [5.41, 5.74) is 0.629. The topological polar surface area (TPSA) is 72.3 Å². The average Bonchev–Trinajstić information content (AvgIpc) is 3.06. The van der Waals surface area contributed by atoms with Crippen LogP contribution >= 0.6 is 0 Å². The van der Waals surface area contributed by atoms with Crippen molar-refractivity contribution in [3.05, 3.63) is 53.6 Å². The molecule has 7 nitrogen and oxygen atoms in total. The molecule has 1 atom stereocenters. The summed E-state index contributed by atoms with van der Waals surface area (Å²) in [5.74, 6) is 3.47. The number of hydrogen-bond acceptors (Lipinski definition) is 5. The molecule has 0 fully saturated rings. The zero-order valence-electron chi connectivity index (χ0n) is 17.7. The van der Waals surface area contributed by atoms with Crippen LogP contribution < -0.4 is 10.1 Å². The van der Waals surface area contributed by atoms with Crippen molar-refractivity contribution in [2.45, 2.75) is 38.6 Å². The molecule has 4 rings (SSSR count). The van der Waals surface area contributed by atoms with E-state index in [9.17, 15) is 4.79 Å². The third-order valence-electron chi connectivity index (χ3n) is 6.08. The van der Waals surface area contributed by atoms with Gasteiger partial charge in [0.2, 0.25) is 0 Å². The predicted octanol–water partition coefficient (Wildman–Crippen LogP) is 2.47. The van der Waals surface area contributed by atoms with Gasteiger partial charge in [0.1, 0.15) is 17.4 Å². The summed E-state index contributed by atoms with van der Waals surface area (Å²) in [7, 11) is 1.61. The first kappa shape index (κ1) is 20.6. The van der Waals surface area contributed by atoms with Gasteiger partial charge in [-0.2, -0.15) is 0 Å². The van der Waals surface area contributed by atoms with Crippen molar-refractivity contribution < 1.29 is 9.53 Å². The largest absolute Gasteiger partial charge is 0.497 e. The smallest absolute Gasteiger partial charge is 0.251 e. The number of nitrogens with one attached hydrogen (secondary N) is 1. The van der Waals surface area contributed by atoms with Crippen molar-refractivity contribution in [1.82, 2.24) is 25.0 Å². The number of fused-ring (bicyclic) bond motifs is 1. The molecule has 2 heterocycles. The highest BCUT2D eigenvalue weighted by atomic mass is 16.5. The summed E-state index contributed by atoms with van der Waals surface area (Å²) in [5, 5.41) is 11.8. The van der Waals surface area contributed by atoms with Crippen molar-refractivity contribution in [3.63, 3.8) is 0 Å². The van der Waals surface area contributed by atoms with Gasteiger partial charge in [0.05, 0.1) is 7.11 Å². The number of nitrogens with zero attached hydrogens (tertiary/aromatic N) is 4. The van der Waals surface area contributed by atoms with Crippen molar-refractivity contribution in [2.75, 3.05) is 33.3 Å². The van der Waals surface area contributed by atoms with Crippen molar-refractivity contribution >= 4 is 5.91 Å². The van der Waals surface area contributed by atoms with E-state index in [-0.39, 0.29) is 5.91 Å². The van der Waals surface area contributed by atoms with E-state index in [2.05, 4.69) is 37.1 Å². The number of benzene rings is 1. The van der Waals surface area contributed by atoms with Crippen LogP contribution in [0.3, 0.4) is 0 Å². The van der Waals surface area contributed by atoms with Gasteiger partial charge >= 0.3 is 0 Å². The van der Waals surface area contributed by atoms with Gasteiger partial charge < -0.3 is 19.5 Å². The minimum Gasteiger partial charge on any atom is -0.497 e. The first-order valence-corrected chi connectivity index (χ1v) is 10.9. The first-order valence-electron chi connectivity index (χ1n) is 10.9. The lowest BCUT2D eigenvalue weighted by Gasteiger charge is -2.26. The second-order valence-electron chi connectivity index (χ2n) is 8.12. The number of carbonyl (C=O) groups excluding carboxylic acids is 1. The molecule has 1 aromatic heterocycles. The molecule has 2 aromatic rings. The lowest BCUT2D eigenvalue weighted by Crippen LogP contribution is -2.32. The number of rotatable bonds is 7. The van der Waals surface area contributed by atoms with E-state index in [1.807, 2.05) is 0 Å². The maximum absolute atomic E-state index is 12.3. The second kappa shape index (κ2) is 9.89. The maximum atomic E-state index is 12.3. The maximum Gasteiger partial charge on any atom is 0.251 e. The molecular formula is C23H31N5O2. The molecule has 0 radical (unpaired) electrons. The van der Waals surface area contributed by atoms with Crippen LogP contribution in [0.15, 0.2) is 36.4 Å². The number of methoxy groups -OCH3 is 1. The van der Waals surface area contributed by atoms with Gasteiger partial charge in [-0.05, 0) is 49.4 Å². The van der Waals surface area contributed by atoms with Gasteiger partial charge in [-0.25, -0.2) is 0 Å². The summed E-state index contributed by atoms with van der Waals surface area (Å²) >= 11 is 0. The molecule has 2 aliphatic rings. The van der Waals surface area contributed by atoms with Crippen LogP contribution in [0.25, 0.3) is 0 Å². The Morgan fingerprint density at radius 3 is 2.80 bits per heavy atom. The van der Waals surface area contributed by atoms with Crippen molar-refractivity contribution in [3.8, 4) is 5.75 Å². The lowest BCUT2D eigenvalue weighted by molar-refractivity contribution is 0.0954. The monoisotopic (exact) mass is 409 g/mol. The minimum absolute atomic E-state index is 0.0824. The Morgan fingerprint density at radius 2 is 2.03 bits per heavy atom. The van der Waals surface area contributed by atoms with Gasteiger partial charge in [-0.3, -0.25) is 4.79 Å². The molecule has 0 saturated carbocycles. The van der Waals surface area contributed by atoms with Crippen LogP contribution in [-0.4, -0.2) is 58.9 Å². The second-order valence-corrected chi connectivity index (χ2v) is 8.12. The predicted molar refractivity (Wildman–Crippen MR) is 116 cm³/mol. The molecule has 1 aromatic carbocycles. The van der Waals surface area contributed by atoms with Crippen LogP contribution in [0.5, 0.6) is 5.75 Å². The number of ether oxygens (including phenoxy) is 1. The molecule has 1 aliphatic carbocycles. The summed E-state index contributed by atoms with van der Waals surface area (Å²) in [6.07, 6.45) is 9.99. The number of aromatic nitrogens is 3. The number of amides is 1. The standard InChI is InChI=1S/C23H31N5O2/c1-30-20-9-7-19(8-10-20)23(29)24-13-11-21-25-26-22-12-14-27(15-16-28(21)22)17-18-5-3-2-4-6-18/h2-3,7-10,18H,4-6,11-17H2,1H3,(H,24,29). The Kier molecular flexibility index (Phi) is 6.79. The Hall–Kier alpha value is -2.67. The number of allylic oxidation sites excluding steroid dienone is 2. The summed E-state index contributed by atoms with van der Waals surface area (Å²) < 4.78 is 7.39. The van der Waals surface area contributed by atoms with Crippen LogP contribution in [0.1, 0.15) is 41.3 Å². The summed E-state index contributed by atoms with van der Waals surface area (Å²) in [6.45, 7) is 4.73. The zero-order valence-corrected chi connectivity index (χ0v) is 17.7. The number of carbonyl (C=O) groups is 1. The molecule has 0 bridgehead atoms. The SMILES string of the molecule is COc1ccc(C(=O)NCCc2nnc3n2CCN(CC2CC=CCC2)CC3)cc1. The minimum atomic E-state index is -0.0824. The first-order chi connectivity index (χ1) is 14.7. The fraction of sp³-hybridized carbons (Fsp3) is 0.522. The van der Waals surface area contributed by atoms with Crippen LogP contribution in [0.2, 0.25) is 0 Å². The van der Waals surface area contributed by atoms with E-state index < -0.39 is 0 Å². The quantitative estimate of drug-likeness (QED) is 0.712. The summed E-state index contributed by atoms with van der Waals surface area (Å²) in [6, 6.07) is 7.13. The average molecular weight is 410 g/mol. The molecule has 1 unspecified atom stereocenters. The molecule has 0 spiro atoms. The molecule has 1 aliphatic heterocycles. The Bertz CT molecular complexity index is 874.